The van der Waals surface area contributed by atoms with Gasteiger partial charge in [-0.1, -0.05) is 12.1 Å². The molecular weight excluding hydrogens is 471 g/mol. The molecule has 0 aromatic heterocycles. The van der Waals surface area contributed by atoms with Gasteiger partial charge in [0.2, 0.25) is 0 Å². The number of benzene rings is 2. The molecule has 0 aliphatic heterocycles. The Morgan fingerprint density at radius 3 is 2.56 bits per heavy atom. The summed E-state index contributed by atoms with van der Waals surface area (Å²) in [7, 11) is 3.11. The summed E-state index contributed by atoms with van der Waals surface area (Å²) in [5.41, 5.74) is 7.31. The number of nitrogens with zero attached hydrogens (tertiary/aromatic N) is 1. The quantitative estimate of drug-likeness (QED) is 0.332. The Morgan fingerprint density at radius 2 is 1.89 bits per heavy atom. The van der Waals surface area contributed by atoms with Gasteiger partial charge in [0.15, 0.2) is 5.96 Å². The Balaban J connectivity index is 0.00000364. The SMILES string of the molecule is COc1ccc(OC)c(NC(N)=NCc2cccc(OCC(F)F)c2)c1.I. The number of hydrogen-bond acceptors (Lipinski definition) is 4. The predicted octanol–water partition coefficient (Wildman–Crippen LogP) is 3.89. The summed E-state index contributed by atoms with van der Waals surface area (Å²) in [5.74, 6) is 1.77. The van der Waals surface area contributed by atoms with Crippen molar-refractivity contribution in [3.05, 3.63) is 48.0 Å². The lowest BCUT2D eigenvalue weighted by atomic mass is 10.2. The minimum absolute atomic E-state index is 0. The minimum Gasteiger partial charge on any atom is -0.497 e. The second-order valence-electron chi connectivity index (χ2n) is 5.24. The molecule has 0 unspecified atom stereocenters. The molecule has 0 atom stereocenters. The molecule has 0 radical (unpaired) electrons. The van der Waals surface area contributed by atoms with Gasteiger partial charge >= 0.3 is 0 Å². The molecule has 0 spiro atoms. The number of anilines is 1. The highest BCUT2D eigenvalue weighted by molar-refractivity contribution is 14.0. The van der Waals surface area contributed by atoms with Gasteiger partial charge in [-0.15, -0.1) is 24.0 Å². The van der Waals surface area contributed by atoms with E-state index < -0.39 is 13.0 Å². The molecule has 0 heterocycles. The van der Waals surface area contributed by atoms with Gasteiger partial charge in [0.25, 0.3) is 6.43 Å². The zero-order chi connectivity index (χ0) is 18.9. The maximum Gasteiger partial charge on any atom is 0.272 e. The number of alkyl halides is 2. The van der Waals surface area contributed by atoms with Crippen LogP contribution in [0.1, 0.15) is 5.56 Å². The highest BCUT2D eigenvalue weighted by atomic mass is 127. The molecule has 27 heavy (non-hydrogen) atoms. The summed E-state index contributed by atoms with van der Waals surface area (Å²) < 4.78 is 39.8. The number of hydrogen-bond donors (Lipinski definition) is 2. The molecule has 9 heteroatoms. The van der Waals surface area contributed by atoms with Gasteiger partial charge in [-0.3, -0.25) is 0 Å². The van der Waals surface area contributed by atoms with Crippen LogP contribution < -0.4 is 25.3 Å². The molecule has 148 valence electrons. The monoisotopic (exact) mass is 493 g/mol. The number of methoxy groups -OCH3 is 2. The third-order valence-corrected chi connectivity index (χ3v) is 3.38. The van der Waals surface area contributed by atoms with Gasteiger partial charge in [0, 0.05) is 6.07 Å². The number of nitrogens with two attached hydrogens (primary N) is 1. The van der Waals surface area contributed by atoms with Crippen molar-refractivity contribution < 1.29 is 23.0 Å². The van der Waals surface area contributed by atoms with Crippen molar-refractivity contribution in [1.82, 2.24) is 0 Å². The van der Waals surface area contributed by atoms with Crippen molar-refractivity contribution in [1.29, 1.82) is 0 Å². The zero-order valence-electron chi connectivity index (χ0n) is 14.9. The third kappa shape index (κ3) is 7.45. The summed E-state index contributed by atoms with van der Waals surface area (Å²) in [4.78, 5) is 4.24. The average molecular weight is 493 g/mol. The van der Waals surface area contributed by atoms with E-state index in [4.69, 9.17) is 19.9 Å². The second-order valence-corrected chi connectivity index (χ2v) is 5.24. The summed E-state index contributed by atoms with van der Waals surface area (Å²) in [5, 5.41) is 2.95. The number of halogens is 3. The van der Waals surface area contributed by atoms with Gasteiger partial charge in [-0.05, 0) is 29.8 Å². The van der Waals surface area contributed by atoms with Crippen LogP contribution in [0.25, 0.3) is 0 Å². The lowest BCUT2D eigenvalue weighted by Crippen LogP contribution is -2.23. The topological polar surface area (TPSA) is 78.1 Å². The number of ether oxygens (including phenoxy) is 3. The fraction of sp³-hybridized carbons (Fsp3) is 0.278. The standard InChI is InChI=1S/C18H21F2N3O3.HI/c1-24-13-6-7-16(25-2)15(9-13)23-18(21)22-10-12-4-3-5-14(8-12)26-11-17(19)20;/h3-9,17H,10-11H2,1-2H3,(H3,21,22,23);1H. The minimum atomic E-state index is -2.52. The molecule has 0 amide bonds. The summed E-state index contributed by atoms with van der Waals surface area (Å²) in [6.07, 6.45) is -2.52. The van der Waals surface area contributed by atoms with E-state index in [1.54, 1.807) is 56.7 Å². The lowest BCUT2D eigenvalue weighted by molar-refractivity contribution is 0.0818. The molecule has 6 nitrogen and oxygen atoms in total. The average Bonchev–Trinajstić information content (AvgIpc) is 2.65. The second kappa shape index (κ2) is 11.4. The van der Waals surface area contributed by atoms with Crippen LogP contribution in [0, 0.1) is 0 Å². The Labute approximate surface area is 173 Å². The molecule has 2 aromatic carbocycles. The van der Waals surface area contributed by atoms with Gasteiger partial charge < -0.3 is 25.3 Å². The predicted molar refractivity (Wildman–Crippen MR) is 112 cm³/mol. The smallest absolute Gasteiger partial charge is 0.272 e. The number of nitrogens with one attached hydrogen (secondary N) is 1. The molecule has 2 aromatic rings. The van der Waals surface area contributed by atoms with Crippen molar-refractivity contribution in [2.24, 2.45) is 10.7 Å². The first-order valence-corrected chi connectivity index (χ1v) is 7.80. The van der Waals surface area contributed by atoms with Crippen LogP contribution in [-0.4, -0.2) is 33.2 Å². The van der Waals surface area contributed by atoms with Crippen LogP contribution >= 0.6 is 24.0 Å². The van der Waals surface area contributed by atoms with E-state index in [-0.39, 0.29) is 36.5 Å². The van der Waals surface area contributed by atoms with E-state index in [0.29, 0.717) is 22.9 Å². The summed E-state index contributed by atoms with van der Waals surface area (Å²) >= 11 is 0. The van der Waals surface area contributed by atoms with Crippen molar-refractivity contribution in [2.75, 3.05) is 26.1 Å². The summed E-state index contributed by atoms with van der Waals surface area (Å²) in [6, 6.07) is 12.0. The van der Waals surface area contributed by atoms with Crippen molar-refractivity contribution in [3.8, 4) is 17.2 Å². The Morgan fingerprint density at radius 1 is 1.11 bits per heavy atom. The van der Waals surface area contributed by atoms with Gasteiger partial charge in [-0.2, -0.15) is 0 Å². The highest BCUT2D eigenvalue weighted by Gasteiger charge is 2.07. The molecular formula is C18H22F2IN3O3. The third-order valence-electron chi connectivity index (χ3n) is 3.38. The van der Waals surface area contributed by atoms with E-state index in [9.17, 15) is 8.78 Å². The largest absolute Gasteiger partial charge is 0.497 e. The van der Waals surface area contributed by atoms with Gasteiger partial charge in [0.1, 0.15) is 23.9 Å². The number of rotatable bonds is 8. The van der Waals surface area contributed by atoms with Crippen LogP contribution in [0.15, 0.2) is 47.5 Å². The lowest BCUT2D eigenvalue weighted by Gasteiger charge is -2.12. The number of aliphatic imine (C=N–C) groups is 1. The first kappa shape index (κ1) is 22.7. The Bertz CT molecular complexity index is 760. The van der Waals surface area contributed by atoms with E-state index in [1.165, 1.54) is 0 Å². The molecule has 2 rings (SSSR count). The fourth-order valence-corrected chi connectivity index (χ4v) is 2.16. The van der Waals surface area contributed by atoms with Crippen LogP contribution in [0.5, 0.6) is 17.2 Å². The molecule has 0 saturated heterocycles. The zero-order valence-corrected chi connectivity index (χ0v) is 17.3. The van der Waals surface area contributed by atoms with Crippen molar-refractivity contribution in [2.45, 2.75) is 13.0 Å². The van der Waals surface area contributed by atoms with Crippen LogP contribution in [0.3, 0.4) is 0 Å². The van der Waals surface area contributed by atoms with Crippen molar-refractivity contribution >= 4 is 35.6 Å². The molecule has 3 N–H and O–H groups in total. The maximum absolute atomic E-state index is 12.2. The normalized spacial score (nSPS) is 10.9. The first-order valence-electron chi connectivity index (χ1n) is 7.80. The van der Waals surface area contributed by atoms with E-state index in [2.05, 4.69) is 10.3 Å². The van der Waals surface area contributed by atoms with Crippen LogP contribution in [-0.2, 0) is 6.54 Å². The van der Waals surface area contributed by atoms with E-state index in [0.717, 1.165) is 5.56 Å². The Kier molecular flexibility index (Phi) is 9.62. The number of guanidine groups is 1. The highest BCUT2D eigenvalue weighted by Crippen LogP contribution is 2.28. The van der Waals surface area contributed by atoms with Crippen LogP contribution in [0.2, 0.25) is 0 Å². The fourth-order valence-electron chi connectivity index (χ4n) is 2.16. The maximum atomic E-state index is 12.2. The molecule has 0 saturated carbocycles. The van der Waals surface area contributed by atoms with E-state index >= 15 is 0 Å². The molecule has 0 aliphatic carbocycles. The summed E-state index contributed by atoms with van der Waals surface area (Å²) in [6.45, 7) is -0.386. The van der Waals surface area contributed by atoms with Crippen LogP contribution in [0.4, 0.5) is 14.5 Å². The first-order chi connectivity index (χ1) is 12.5. The molecule has 0 bridgehead atoms. The van der Waals surface area contributed by atoms with Crippen molar-refractivity contribution in [3.63, 3.8) is 0 Å². The van der Waals surface area contributed by atoms with Gasteiger partial charge in [0.05, 0.1) is 26.5 Å². The Hall–Kier alpha value is -2.30. The van der Waals surface area contributed by atoms with Gasteiger partial charge in [-0.25, -0.2) is 13.8 Å². The molecule has 0 fully saturated rings. The van der Waals surface area contributed by atoms with E-state index in [1.807, 2.05) is 0 Å². The molecule has 0 aliphatic rings.